The van der Waals surface area contributed by atoms with E-state index in [1.54, 1.807) is 24.3 Å². The zero-order chi connectivity index (χ0) is 15.5. The highest BCUT2D eigenvalue weighted by Gasteiger charge is 2.17. The maximum Gasteiger partial charge on any atom is 0.240 e. The number of aliphatic hydroxyl groups excluding tert-OH is 1. The first-order chi connectivity index (χ1) is 9.88. The molecule has 2 aromatic rings. The van der Waals surface area contributed by atoms with Crippen molar-refractivity contribution in [1.82, 2.24) is 4.72 Å². The zero-order valence-corrected chi connectivity index (χ0v) is 11.8. The summed E-state index contributed by atoms with van der Waals surface area (Å²) < 4.78 is 39.2. The van der Waals surface area contributed by atoms with E-state index in [-0.39, 0.29) is 11.4 Å². The van der Waals surface area contributed by atoms with Crippen molar-refractivity contribution < 1.29 is 17.9 Å². The molecule has 0 aliphatic heterocycles. The molecule has 7 heteroatoms. The summed E-state index contributed by atoms with van der Waals surface area (Å²) in [4.78, 5) is -0.188. The Morgan fingerprint density at radius 3 is 2.48 bits per heavy atom. The molecule has 0 spiro atoms. The van der Waals surface area contributed by atoms with Crippen LogP contribution >= 0.6 is 0 Å². The van der Waals surface area contributed by atoms with Crippen LogP contribution in [-0.2, 0) is 10.0 Å². The number of anilines is 1. The summed E-state index contributed by atoms with van der Waals surface area (Å²) in [6.45, 7) is -0.219. The molecular weight excluding hydrogens is 295 g/mol. The molecule has 1 unspecified atom stereocenters. The van der Waals surface area contributed by atoms with Crippen molar-refractivity contribution in [3.63, 3.8) is 0 Å². The van der Waals surface area contributed by atoms with Crippen LogP contribution in [0.3, 0.4) is 0 Å². The number of halogens is 1. The van der Waals surface area contributed by atoms with E-state index >= 15 is 0 Å². The first kappa shape index (κ1) is 15.4. The lowest BCUT2D eigenvalue weighted by Crippen LogP contribution is -2.28. The summed E-state index contributed by atoms with van der Waals surface area (Å²) in [6, 6.07) is 11.1. The third-order valence-electron chi connectivity index (χ3n) is 2.89. The molecule has 21 heavy (non-hydrogen) atoms. The van der Waals surface area contributed by atoms with E-state index in [2.05, 4.69) is 4.72 Å². The number of sulfonamides is 1. The summed E-state index contributed by atoms with van der Waals surface area (Å²) in [6.07, 6.45) is -1.02. The third kappa shape index (κ3) is 4.01. The number of nitrogens with two attached hydrogens (primary N) is 1. The minimum Gasteiger partial charge on any atom is -0.399 e. The van der Waals surface area contributed by atoms with Gasteiger partial charge in [-0.05, 0) is 35.9 Å². The number of hydrogen-bond donors (Lipinski definition) is 3. The molecule has 0 radical (unpaired) electrons. The van der Waals surface area contributed by atoms with Crippen LogP contribution < -0.4 is 10.5 Å². The molecule has 0 aliphatic carbocycles. The van der Waals surface area contributed by atoms with Gasteiger partial charge in [-0.2, -0.15) is 0 Å². The fourth-order valence-electron chi connectivity index (χ4n) is 1.74. The summed E-state index contributed by atoms with van der Waals surface area (Å²) >= 11 is 0. The Bertz CT molecular complexity index is 717. The normalized spacial score (nSPS) is 13.0. The summed E-state index contributed by atoms with van der Waals surface area (Å²) in [5.74, 6) is -0.642. The predicted molar refractivity (Wildman–Crippen MR) is 77.4 cm³/mol. The second kappa shape index (κ2) is 6.21. The van der Waals surface area contributed by atoms with Gasteiger partial charge < -0.3 is 10.8 Å². The monoisotopic (exact) mass is 310 g/mol. The van der Waals surface area contributed by atoms with Crippen LogP contribution in [0.25, 0.3) is 0 Å². The van der Waals surface area contributed by atoms with Crippen LogP contribution in [0.5, 0.6) is 0 Å². The average molecular weight is 310 g/mol. The number of benzene rings is 2. The van der Waals surface area contributed by atoms with Gasteiger partial charge in [0.15, 0.2) is 0 Å². The minimum absolute atomic E-state index is 0.188. The van der Waals surface area contributed by atoms with Gasteiger partial charge >= 0.3 is 0 Å². The van der Waals surface area contributed by atoms with Crippen LogP contribution in [0.1, 0.15) is 11.7 Å². The quantitative estimate of drug-likeness (QED) is 0.728. The number of nitrogens with one attached hydrogen (secondary N) is 1. The van der Waals surface area contributed by atoms with Gasteiger partial charge in [0.1, 0.15) is 5.82 Å². The lowest BCUT2D eigenvalue weighted by molar-refractivity contribution is 0.182. The Hall–Kier alpha value is -1.96. The maximum atomic E-state index is 13.0. The first-order valence-electron chi connectivity index (χ1n) is 6.17. The third-order valence-corrected chi connectivity index (χ3v) is 4.32. The van der Waals surface area contributed by atoms with Gasteiger partial charge in [-0.15, -0.1) is 0 Å². The topological polar surface area (TPSA) is 92.4 Å². The second-order valence-corrected chi connectivity index (χ2v) is 6.26. The van der Waals surface area contributed by atoms with Gasteiger partial charge in [0, 0.05) is 12.2 Å². The summed E-state index contributed by atoms with van der Waals surface area (Å²) in [7, 11) is -3.87. The summed E-state index contributed by atoms with van der Waals surface area (Å²) in [5, 5.41) is 9.93. The maximum absolute atomic E-state index is 13.0. The van der Waals surface area contributed by atoms with E-state index in [0.717, 1.165) is 12.1 Å². The molecule has 2 rings (SSSR count). The largest absolute Gasteiger partial charge is 0.399 e. The molecule has 112 valence electrons. The molecule has 0 fully saturated rings. The Kier molecular flexibility index (Phi) is 4.56. The highest BCUT2D eigenvalue weighted by Crippen LogP contribution is 2.15. The van der Waals surface area contributed by atoms with E-state index in [4.69, 9.17) is 5.73 Å². The van der Waals surface area contributed by atoms with Crippen LogP contribution in [-0.4, -0.2) is 20.1 Å². The molecule has 0 aromatic heterocycles. The van der Waals surface area contributed by atoms with Crippen LogP contribution in [0.4, 0.5) is 10.1 Å². The van der Waals surface area contributed by atoms with Gasteiger partial charge in [-0.1, -0.05) is 18.2 Å². The molecule has 0 aliphatic rings. The molecule has 0 saturated heterocycles. The van der Waals surface area contributed by atoms with Crippen molar-refractivity contribution in [1.29, 1.82) is 0 Å². The van der Waals surface area contributed by atoms with E-state index < -0.39 is 21.9 Å². The molecule has 0 amide bonds. The van der Waals surface area contributed by atoms with E-state index in [1.165, 1.54) is 12.1 Å². The van der Waals surface area contributed by atoms with Crippen molar-refractivity contribution >= 4 is 15.7 Å². The molecule has 2 aromatic carbocycles. The van der Waals surface area contributed by atoms with Crippen molar-refractivity contribution in [3.8, 4) is 0 Å². The first-order valence-corrected chi connectivity index (χ1v) is 7.65. The highest BCUT2D eigenvalue weighted by atomic mass is 32.2. The van der Waals surface area contributed by atoms with Crippen molar-refractivity contribution in [3.05, 3.63) is 59.9 Å². The highest BCUT2D eigenvalue weighted by molar-refractivity contribution is 7.89. The molecule has 1 atom stereocenters. The smallest absolute Gasteiger partial charge is 0.240 e. The zero-order valence-electron chi connectivity index (χ0n) is 11.0. The van der Waals surface area contributed by atoms with Gasteiger partial charge in [0.05, 0.1) is 11.0 Å². The number of hydrogen-bond acceptors (Lipinski definition) is 4. The molecule has 5 nitrogen and oxygen atoms in total. The van der Waals surface area contributed by atoms with E-state index in [0.29, 0.717) is 11.3 Å². The molecular formula is C14H15FN2O3S. The van der Waals surface area contributed by atoms with Crippen LogP contribution in [0, 0.1) is 5.82 Å². The Balaban J connectivity index is 2.06. The number of aliphatic hydroxyl groups is 1. The van der Waals surface area contributed by atoms with Crippen molar-refractivity contribution in [2.75, 3.05) is 12.3 Å². The van der Waals surface area contributed by atoms with Gasteiger partial charge in [0.2, 0.25) is 10.0 Å². The number of nitrogen functional groups attached to an aromatic ring is 1. The SMILES string of the molecule is Nc1ccc(C(O)CNS(=O)(=O)c2cccc(F)c2)cc1. The standard InChI is InChI=1S/C14H15FN2O3S/c15-11-2-1-3-13(8-11)21(19,20)17-9-14(18)10-4-6-12(16)7-5-10/h1-8,14,17-18H,9,16H2. The lowest BCUT2D eigenvalue weighted by atomic mass is 10.1. The molecule has 0 heterocycles. The fraction of sp³-hybridized carbons (Fsp3) is 0.143. The van der Waals surface area contributed by atoms with Gasteiger partial charge in [0.25, 0.3) is 0 Å². The summed E-state index contributed by atoms with van der Waals surface area (Å²) in [5.41, 5.74) is 6.61. The molecule has 0 saturated carbocycles. The van der Waals surface area contributed by atoms with Crippen molar-refractivity contribution in [2.45, 2.75) is 11.0 Å². The Morgan fingerprint density at radius 1 is 1.19 bits per heavy atom. The van der Waals surface area contributed by atoms with Crippen molar-refractivity contribution in [2.24, 2.45) is 0 Å². The fourth-order valence-corrected chi connectivity index (χ4v) is 2.81. The van der Waals surface area contributed by atoms with Gasteiger partial charge in [-0.3, -0.25) is 0 Å². The van der Waals surface area contributed by atoms with Crippen LogP contribution in [0.15, 0.2) is 53.4 Å². The van der Waals surface area contributed by atoms with E-state index in [9.17, 15) is 17.9 Å². The van der Waals surface area contributed by atoms with Gasteiger partial charge in [-0.25, -0.2) is 17.5 Å². The Labute approximate surface area is 122 Å². The molecule has 4 N–H and O–H groups in total. The average Bonchev–Trinajstić information content (AvgIpc) is 2.45. The molecule has 0 bridgehead atoms. The van der Waals surface area contributed by atoms with E-state index in [1.807, 2.05) is 0 Å². The predicted octanol–water partition coefficient (Wildman–Crippen LogP) is 1.42. The number of rotatable bonds is 5. The minimum atomic E-state index is -3.87. The Morgan fingerprint density at radius 2 is 1.86 bits per heavy atom. The second-order valence-electron chi connectivity index (χ2n) is 4.49. The lowest BCUT2D eigenvalue weighted by Gasteiger charge is -2.13. The van der Waals surface area contributed by atoms with Crippen LogP contribution in [0.2, 0.25) is 0 Å².